The van der Waals surface area contributed by atoms with Crippen molar-refractivity contribution in [3.05, 3.63) is 33.3 Å². The number of carbonyl (C=O) groups is 1. The van der Waals surface area contributed by atoms with Gasteiger partial charge in [0, 0.05) is 0 Å². The first kappa shape index (κ1) is 12.7. The predicted octanol–water partition coefficient (Wildman–Crippen LogP) is 1.99. The summed E-state index contributed by atoms with van der Waals surface area (Å²) >= 11 is 3.17. The third-order valence-electron chi connectivity index (χ3n) is 2.01. The molecule has 1 rings (SSSR count). The van der Waals surface area contributed by atoms with Crippen LogP contribution in [0.25, 0.3) is 0 Å². The van der Waals surface area contributed by atoms with Crippen LogP contribution in [0.5, 0.6) is 0 Å². The van der Waals surface area contributed by atoms with Crippen LogP contribution in [-0.2, 0) is 11.3 Å². The van der Waals surface area contributed by atoms with Crippen LogP contribution in [0, 0.1) is 11.3 Å². The highest BCUT2D eigenvalue weighted by Crippen LogP contribution is 2.25. The fraction of sp³-hybridized carbons (Fsp3) is 0.273. The summed E-state index contributed by atoms with van der Waals surface area (Å²) in [6.07, 6.45) is 0. The van der Waals surface area contributed by atoms with E-state index in [0.29, 0.717) is 10.0 Å². The third-order valence-corrected chi connectivity index (χ3v) is 2.83. The van der Waals surface area contributed by atoms with Crippen LogP contribution in [-0.4, -0.2) is 17.7 Å². The molecule has 0 atom stereocenters. The summed E-state index contributed by atoms with van der Waals surface area (Å²) in [5, 5.41) is 17.9. The number of hydrogen-bond acceptors (Lipinski definition) is 4. The van der Waals surface area contributed by atoms with Crippen molar-refractivity contribution in [1.82, 2.24) is 0 Å². The fourth-order valence-corrected chi connectivity index (χ4v) is 1.87. The molecule has 5 heteroatoms. The predicted molar refractivity (Wildman–Crippen MR) is 60.7 cm³/mol. The van der Waals surface area contributed by atoms with Crippen LogP contribution in [0.2, 0.25) is 0 Å². The van der Waals surface area contributed by atoms with Crippen LogP contribution < -0.4 is 0 Å². The molecular weight excluding hydrogens is 274 g/mol. The van der Waals surface area contributed by atoms with E-state index in [1.54, 1.807) is 6.92 Å². The Morgan fingerprint density at radius 1 is 1.62 bits per heavy atom. The summed E-state index contributed by atoms with van der Waals surface area (Å²) in [5.41, 5.74) is 1.02. The van der Waals surface area contributed by atoms with Crippen LogP contribution in [0.1, 0.15) is 28.4 Å². The van der Waals surface area contributed by atoms with E-state index in [9.17, 15) is 4.79 Å². The third kappa shape index (κ3) is 2.40. The summed E-state index contributed by atoms with van der Waals surface area (Å²) in [4.78, 5) is 11.5. The summed E-state index contributed by atoms with van der Waals surface area (Å²) in [6, 6.07) is 5.00. The van der Waals surface area contributed by atoms with Gasteiger partial charge in [-0.2, -0.15) is 5.26 Å². The molecular formula is C11H10BrNO3. The second-order valence-electron chi connectivity index (χ2n) is 2.95. The van der Waals surface area contributed by atoms with Gasteiger partial charge < -0.3 is 9.84 Å². The molecule has 0 bridgehead atoms. The molecule has 1 aromatic carbocycles. The maximum absolute atomic E-state index is 11.5. The van der Waals surface area contributed by atoms with Gasteiger partial charge in [-0.15, -0.1) is 0 Å². The first-order valence-electron chi connectivity index (χ1n) is 4.65. The Balaban J connectivity index is 3.25. The molecule has 0 aliphatic heterocycles. The number of halogens is 1. The minimum absolute atomic E-state index is 0.245. The van der Waals surface area contributed by atoms with E-state index in [1.165, 1.54) is 12.1 Å². The molecule has 0 aliphatic carbocycles. The molecule has 0 fully saturated rings. The summed E-state index contributed by atoms with van der Waals surface area (Å²) in [5.74, 6) is -0.490. The molecule has 0 saturated carbocycles. The average Bonchev–Trinajstić information content (AvgIpc) is 2.28. The van der Waals surface area contributed by atoms with Gasteiger partial charge in [0.2, 0.25) is 0 Å². The number of hydrogen-bond donors (Lipinski definition) is 1. The largest absolute Gasteiger partial charge is 0.462 e. The number of nitriles is 1. The molecule has 0 saturated heterocycles. The lowest BCUT2D eigenvalue weighted by Crippen LogP contribution is -2.07. The molecule has 0 radical (unpaired) electrons. The van der Waals surface area contributed by atoms with E-state index in [0.717, 1.165) is 0 Å². The number of esters is 1. The maximum atomic E-state index is 11.5. The highest BCUT2D eigenvalue weighted by molar-refractivity contribution is 9.10. The standard InChI is InChI=1S/C11H10BrNO3/c1-2-16-11(15)8-4-3-7(6-14)9(5-13)10(8)12/h3-4,14H,2,6H2,1H3. The molecule has 1 aromatic rings. The van der Waals surface area contributed by atoms with E-state index in [-0.39, 0.29) is 24.3 Å². The zero-order chi connectivity index (χ0) is 12.1. The molecule has 0 aliphatic rings. The second kappa shape index (κ2) is 5.64. The normalized spacial score (nSPS) is 9.62. The highest BCUT2D eigenvalue weighted by atomic mass is 79.9. The van der Waals surface area contributed by atoms with Gasteiger partial charge in [0.1, 0.15) is 6.07 Å². The smallest absolute Gasteiger partial charge is 0.339 e. The van der Waals surface area contributed by atoms with Crippen molar-refractivity contribution < 1.29 is 14.6 Å². The molecule has 0 heterocycles. The van der Waals surface area contributed by atoms with Gasteiger partial charge in [0.05, 0.1) is 28.8 Å². The van der Waals surface area contributed by atoms with Gasteiger partial charge in [0.15, 0.2) is 0 Å². The van der Waals surface area contributed by atoms with Crippen molar-refractivity contribution in [2.75, 3.05) is 6.61 Å². The van der Waals surface area contributed by atoms with Crippen molar-refractivity contribution in [2.24, 2.45) is 0 Å². The van der Waals surface area contributed by atoms with Crippen LogP contribution in [0.15, 0.2) is 16.6 Å². The van der Waals surface area contributed by atoms with Crippen molar-refractivity contribution >= 4 is 21.9 Å². The monoisotopic (exact) mass is 283 g/mol. The fourth-order valence-electron chi connectivity index (χ4n) is 1.24. The Hall–Kier alpha value is -1.38. The molecule has 0 amide bonds. The summed E-state index contributed by atoms with van der Waals surface area (Å²) in [6.45, 7) is 1.73. The van der Waals surface area contributed by atoms with Gasteiger partial charge in [-0.25, -0.2) is 4.79 Å². The molecule has 1 N–H and O–H groups in total. The van der Waals surface area contributed by atoms with Gasteiger partial charge >= 0.3 is 5.97 Å². The van der Waals surface area contributed by atoms with Gasteiger partial charge in [-0.1, -0.05) is 6.07 Å². The Morgan fingerprint density at radius 3 is 2.81 bits per heavy atom. The Labute approximate surface area is 102 Å². The Morgan fingerprint density at radius 2 is 2.31 bits per heavy atom. The van der Waals surface area contributed by atoms with Gasteiger partial charge in [0.25, 0.3) is 0 Å². The SMILES string of the molecule is CCOC(=O)c1ccc(CO)c(C#N)c1Br. The minimum Gasteiger partial charge on any atom is -0.462 e. The zero-order valence-corrected chi connectivity index (χ0v) is 10.2. The quantitative estimate of drug-likeness (QED) is 0.862. The molecule has 0 aromatic heterocycles. The topological polar surface area (TPSA) is 70.3 Å². The number of carbonyl (C=O) groups excluding carboxylic acids is 1. The van der Waals surface area contributed by atoms with Gasteiger partial charge in [-0.05, 0) is 34.5 Å². The van der Waals surface area contributed by atoms with E-state index in [1.807, 2.05) is 6.07 Å². The first-order valence-corrected chi connectivity index (χ1v) is 5.44. The van der Waals surface area contributed by atoms with Crippen LogP contribution in [0.4, 0.5) is 0 Å². The van der Waals surface area contributed by atoms with E-state index < -0.39 is 5.97 Å². The summed E-state index contributed by atoms with van der Waals surface area (Å²) in [7, 11) is 0. The summed E-state index contributed by atoms with van der Waals surface area (Å²) < 4.78 is 5.20. The molecule has 4 nitrogen and oxygen atoms in total. The van der Waals surface area contributed by atoms with E-state index in [4.69, 9.17) is 15.1 Å². The van der Waals surface area contributed by atoms with Crippen molar-refractivity contribution in [2.45, 2.75) is 13.5 Å². The maximum Gasteiger partial charge on any atom is 0.339 e. The molecule has 16 heavy (non-hydrogen) atoms. The number of nitrogens with zero attached hydrogens (tertiary/aromatic N) is 1. The molecule has 84 valence electrons. The average molecular weight is 284 g/mol. The van der Waals surface area contributed by atoms with E-state index in [2.05, 4.69) is 15.9 Å². The van der Waals surface area contributed by atoms with Gasteiger partial charge in [-0.3, -0.25) is 0 Å². The molecule has 0 spiro atoms. The van der Waals surface area contributed by atoms with Crippen molar-refractivity contribution in [3.63, 3.8) is 0 Å². The number of ether oxygens (including phenoxy) is 1. The Bertz CT molecular complexity index is 451. The lowest BCUT2D eigenvalue weighted by atomic mass is 10.1. The van der Waals surface area contributed by atoms with Crippen LogP contribution in [0.3, 0.4) is 0 Å². The highest BCUT2D eigenvalue weighted by Gasteiger charge is 2.16. The first-order chi connectivity index (χ1) is 7.65. The number of aliphatic hydroxyl groups is 1. The minimum atomic E-state index is -0.490. The van der Waals surface area contributed by atoms with Crippen LogP contribution >= 0.6 is 15.9 Å². The number of aliphatic hydroxyl groups excluding tert-OH is 1. The Kier molecular flexibility index (Phi) is 4.47. The second-order valence-corrected chi connectivity index (χ2v) is 3.74. The number of rotatable bonds is 3. The number of benzene rings is 1. The molecule has 0 unspecified atom stereocenters. The van der Waals surface area contributed by atoms with Crippen molar-refractivity contribution in [3.8, 4) is 6.07 Å². The van der Waals surface area contributed by atoms with E-state index >= 15 is 0 Å². The lowest BCUT2D eigenvalue weighted by Gasteiger charge is -2.08. The lowest BCUT2D eigenvalue weighted by molar-refractivity contribution is 0.0525. The van der Waals surface area contributed by atoms with Crippen molar-refractivity contribution in [1.29, 1.82) is 5.26 Å². The zero-order valence-electron chi connectivity index (χ0n) is 8.66.